The number of hydrogen-bond donors (Lipinski definition) is 1. The lowest BCUT2D eigenvalue weighted by Crippen LogP contribution is -2.33. The first kappa shape index (κ1) is 18.9. The maximum atomic E-state index is 13.7. The van der Waals surface area contributed by atoms with Crippen LogP contribution in [0.1, 0.15) is 17.5 Å². The van der Waals surface area contributed by atoms with E-state index in [0.29, 0.717) is 11.3 Å². The number of carbonyl (C=O) groups excluding carboxylic acids is 2. The zero-order chi connectivity index (χ0) is 19.8. The number of benzene rings is 2. The number of amides is 2. The van der Waals surface area contributed by atoms with Gasteiger partial charge in [-0.25, -0.2) is 4.39 Å². The van der Waals surface area contributed by atoms with E-state index in [9.17, 15) is 27.2 Å². The van der Waals surface area contributed by atoms with Crippen LogP contribution in [-0.4, -0.2) is 18.4 Å². The van der Waals surface area contributed by atoms with Crippen molar-refractivity contribution in [3.63, 3.8) is 0 Å². The van der Waals surface area contributed by atoms with Crippen molar-refractivity contribution in [2.45, 2.75) is 19.5 Å². The van der Waals surface area contributed by atoms with E-state index in [1.165, 1.54) is 17.0 Å². The van der Waals surface area contributed by atoms with Gasteiger partial charge in [-0.2, -0.15) is 13.2 Å². The molecule has 0 aromatic heterocycles. The highest BCUT2D eigenvalue weighted by Gasteiger charge is 2.38. The van der Waals surface area contributed by atoms with Gasteiger partial charge < -0.3 is 10.2 Å². The predicted molar refractivity (Wildman–Crippen MR) is 91.7 cm³/mol. The Morgan fingerprint density at radius 1 is 1.15 bits per heavy atom. The molecule has 1 N–H and O–H groups in total. The molecule has 2 amide bonds. The third-order valence-electron chi connectivity index (χ3n) is 4.53. The van der Waals surface area contributed by atoms with Gasteiger partial charge in [0.05, 0.1) is 5.56 Å². The Kier molecular flexibility index (Phi) is 4.91. The minimum atomic E-state index is -4.47. The van der Waals surface area contributed by atoms with E-state index >= 15 is 0 Å². The van der Waals surface area contributed by atoms with Gasteiger partial charge in [-0.1, -0.05) is 6.07 Å². The lowest BCUT2D eigenvalue weighted by molar-refractivity contribution is -0.137. The van der Waals surface area contributed by atoms with Crippen LogP contribution < -0.4 is 10.2 Å². The van der Waals surface area contributed by atoms with Crippen LogP contribution in [0.3, 0.4) is 0 Å². The second-order valence-corrected chi connectivity index (χ2v) is 6.28. The normalized spacial score (nSPS) is 17.3. The van der Waals surface area contributed by atoms with Crippen LogP contribution in [-0.2, 0) is 15.8 Å². The summed E-state index contributed by atoms with van der Waals surface area (Å²) in [6, 6.07) is 8.35. The summed E-state index contributed by atoms with van der Waals surface area (Å²) in [5, 5.41) is 2.46. The van der Waals surface area contributed by atoms with Gasteiger partial charge in [0.2, 0.25) is 11.8 Å². The molecule has 0 radical (unpaired) electrons. The first-order valence-corrected chi connectivity index (χ1v) is 8.23. The standard InChI is InChI=1S/C19H16F4N2O2/c1-11-15(20)3-2-4-16(11)25-10-9-14(18(25)27)17(26)24-13-7-5-12(6-8-13)19(21,22)23/h2-8,14H,9-10H2,1H3,(H,24,26)/t14-/m0/s1. The SMILES string of the molecule is Cc1c(F)cccc1N1CC[C@@H](C(=O)Nc2ccc(C(F)(F)F)cc2)C1=O. The van der Waals surface area contributed by atoms with Gasteiger partial charge in [-0.05, 0) is 49.7 Å². The highest BCUT2D eigenvalue weighted by molar-refractivity contribution is 6.13. The Hall–Kier alpha value is -2.90. The molecule has 0 spiro atoms. The number of hydrogen-bond acceptors (Lipinski definition) is 2. The fourth-order valence-electron chi connectivity index (χ4n) is 3.02. The molecular weight excluding hydrogens is 364 g/mol. The molecule has 142 valence electrons. The van der Waals surface area contributed by atoms with E-state index in [2.05, 4.69) is 5.32 Å². The van der Waals surface area contributed by atoms with Gasteiger partial charge in [-0.15, -0.1) is 0 Å². The molecule has 1 saturated heterocycles. The van der Waals surface area contributed by atoms with Crippen molar-refractivity contribution in [3.05, 3.63) is 59.4 Å². The quantitative estimate of drug-likeness (QED) is 0.643. The van der Waals surface area contributed by atoms with Crippen molar-refractivity contribution in [2.24, 2.45) is 5.92 Å². The van der Waals surface area contributed by atoms with E-state index in [-0.39, 0.29) is 18.7 Å². The monoisotopic (exact) mass is 380 g/mol. The average molecular weight is 380 g/mol. The number of halogens is 4. The van der Waals surface area contributed by atoms with Crippen LogP contribution in [0.25, 0.3) is 0 Å². The van der Waals surface area contributed by atoms with E-state index in [1.54, 1.807) is 13.0 Å². The highest BCUT2D eigenvalue weighted by Crippen LogP contribution is 2.31. The fourth-order valence-corrected chi connectivity index (χ4v) is 3.02. The third kappa shape index (κ3) is 3.79. The topological polar surface area (TPSA) is 49.4 Å². The van der Waals surface area contributed by atoms with Gasteiger partial charge in [0.15, 0.2) is 0 Å². The van der Waals surface area contributed by atoms with Crippen molar-refractivity contribution < 1.29 is 27.2 Å². The Bertz CT molecular complexity index is 878. The number of carbonyl (C=O) groups is 2. The molecule has 0 unspecified atom stereocenters. The molecule has 0 aliphatic carbocycles. The van der Waals surface area contributed by atoms with E-state index < -0.39 is 35.3 Å². The van der Waals surface area contributed by atoms with Crippen LogP contribution in [0.5, 0.6) is 0 Å². The molecule has 0 saturated carbocycles. The largest absolute Gasteiger partial charge is 0.416 e. The summed E-state index contributed by atoms with van der Waals surface area (Å²) in [6.07, 6.45) is -4.23. The molecule has 3 rings (SSSR count). The summed E-state index contributed by atoms with van der Waals surface area (Å²) in [5.74, 6) is -2.49. The molecule has 2 aromatic carbocycles. The molecule has 4 nitrogen and oxygen atoms in total. The molecule has 8 heteroatoms. The van der Waals surface area contributed by atoms with E-state index in [0.717, 1.165) is 24.3 Å². The Balaban J connectivity index is 1.71. The number of alkyl halides is 3. The molecule has 1 heterocycles. The number of anilines is 2. The Morgan fingerprint density at radius 3 is 2.44 bits per heavy atom. The first-order chi connectivity index (χ1) is 12.7. The van der Waals surface area contributed by atoms with Crippen LogP contribution in [0.2, 0.25) is 0 Å². The van der Waals surface area contributed by atoms with Crippen molar-refractivity contribution in [1.82, 2.24) is 0 Å². The van der Waals surface area contributed by atoms with Gasteiger partial charge in [-0.3, -0.25) is 9.59 Å². The summed E-state index contributed by atoms with van der Waals surface area (Å²) in [6.45, 7) is 1.81. The van der Waals surface area contributed by atoms with Crippen LogP contribution in [0.4, 0.5) is 28.9 Å². The Labute approximate surface area is 152 Å². The first-order valence-electron chi connectivity index (χ1n) is 8.23. The van der Waals surface area contributed by atoms with E-state index in [4.69, 9.17) is 0 Å². The lowest BCUT2D eigenvalue weighted by Gasteiger charge is -2.19. The van der Waals surface area contributed by atoms with Crippen LogP contribution in [0.15, 0.2) is 42.5 Å². The third-order valence-corrected chi connectivity index (χ3v) is 4.53. The zero-order valence-electron chi connectivity index (χ0n) is 14.3. The number of rotatable bonds is 3. The minimum absolute atomic E-state index is 0.168. The van der Waals surface area contributed by atoms with Gasteiger partial charge in [0.1, 0.15) is 11.7 Å². The van der Waals surface area contributed by atoms with Crippen LogP contribution in [0, 0.1) is 18.7 Å². The van der Waals surface area contributed by atoms with E-state index in [1.807, 2.05) is 0 Å². The fraction of sp³-hybridized carbons (Fsp3) is 0.263. The zero-order valence-corrected chi connectivity index (χ0v) is 14.3. The molecule has 1 aliphatic heterocycles. The van der Waals surface area contributed by atoms with Crippen molar-refractivity contribution >= 4 is 23.2 Å². The maximum Gasteiger partial charge on any atom is 0.416 e. The van der Waals surface area contributed by atoms with Crippen molar-refractivity contribution in [1.29, 1.82) is 0 Å². The summed E-state index contributed by atoms with van der Waals surface area (Å²) in [7, 11) is 0. The van der Waals surface area contributed by atoms with Gasteiger partial charge >= 0.3 is 6.18 Å². The minimum Gasteiger partial charge on any atom is -0.325 e. The van der Waals surface area contributed by atoms with Crippen molar-refractivity contribution in [2.75, 3.05) is 16.8 Å². The van der Waals surface area contributed by atoms with Gasteiger partial charge in [0, 0.05) is 23.5 Å². The smallest absolute Gasteiger partial charge is 0.325 e. The predicted octanol–water partition coefficient (Wildman–Crippen LogP) is 4.14. The maximum absolute atomic E-state index is 13.7. The second-order valence-electron chi connectivity index (χ2n) is 6.28. The summed E-state index contributed by atoms with van der Waals surface area (Å²) in [4.78, 5) is 26.3. The lowest BCUT2D eigenvalue weighted by atomic mass is 10.1. The van der Waals surface area contributed by atoms with Crippen LogP contribution >= 0.6 is 0 Å². The summed E-state index contributed by atoms with van der Waals surface area (Å²) >= 11 is 0. The summed E-state index contributed by atoms with van der Waals surface area (Å²) in [5.41, 5.74) is 0.0610. The molecule has 0 bridgehead atoms. The Morgan fingerprint density at radius 2 is 1.81 bits per heavy atom. The molecule has 2 aromatic rings. The molecular formula is C19H16F4N2O2. The molecule has 1 atom stereocenters. The number of nitrogens with one attached hydrogen (secondary N) is 1. The number of nitrogens with zero attached hydrogens (tertiary/aromatic N) is 1. The van der Waals surface area contributed by atoms with Crippen molar-refractivity contribution in [3.8, 4) is 0 Å². The second kappa shape index (κ2) is 7.02. The van der Waals surface area contributed by atoms with Gasteiger partial charge in [0.25, 0.3) is 0 Å². The highest BCUT2D eigenvalue weighted by atomic mass is 19.4. The molecule has 1 fully saturated rings. The molecule has 1 aliphatic rings. The summed E-state index contributed by atoms with van der Waals surface area (Å²) < 4.78 is 51.5. The molecule has 27 heavy (non-hydrogen) atoms. The average Bonchev–Trinajstić information content (AvgIpc) is 2.98.